The van der Waals surface area contributed by atoms with Gasteiger partial charge in [0.25, 0.3) is 0 Å². The van der Waals surface area contributed by atoms with E-state index in [1.807, 2.05) is 49.7 Å². The second-order valence-electron chi connectivity index (χ2n) is 6.41. The summed E-state index contributed by atoms with van der Waals surface area (Å²) >= 11 is 0. The summed E-state index contributed by atoms with van der Waals surface area (Å²) in [4.78, 5) is 17.1. The molecule has 0 bridgehead atoms. The van der Waals surface area contributed by atoms with E-state index >= 15 is 0 Å². The summed E-state index contributed by atoms with van der Waals surface area (Å²) in [6.07, 6.45) is 10.7. The lowest BCUT2D eigenvalue weighted by Crippen LogP contribution is -2.31. The Bertz CT molecular complexity index is 845. The molecule has 0 fully saturated rings. The van der Waals surface area contributed by atoms with Crippen LogP contribution in [-0.2, 0) is 11.3 Å². The standard InChI is InChI=1S/C22H28N6O/c1-25-10-11-28(12-13-29)17-18-2-4-21(5-3-18)27-9-6-19-16-26-8-7-22(19)20(14-23)15-24/h2-9,13-16,23,25,27H,10-12,17,24H2,1H3/b9-6+,20-15+,23-14?. The lowest BCUT2D eigenvalue weighted by Gasteiger charge is -2.19. The number of allylic oxidation sites excluding steroid dienone is 1. The molecule has 0 saturated carbocycles. The maximum Gasteiger partial charge on any atom is 0.133 e. The Hall–Kier alpha value is -3.29. The largest absolute Gasteiger partial charge is 0.404 e. The Morgan fingerprint density at radius 1 is 1.28 bits per heavy atom. The first-order valence-electron chi connectivity index (χ1n) is 9.41. The number of carbonyl (C=O) groups is 1. The highest BCUT2D eigenvalue weighted by Gasteiger charge is 2.05. The van der Waals surface area contributed by atoms with Gasteiger partial charge in [-0.05, 0) is 42.4 Å². The van der Waals surface area contributed by atoms with Crippen molar-refractivity contribution in [3.8, 4) is 0 Å². The number of benzene rings is 1. The number of likely N-dealkylation sites (N-methyl/N-ethyl adjacent to an activating group) is 1. The first-order chi connectivity index (χ1) is 14.2. The molecule has 0 radical (unpaired) electrons. The summed E-state index contributed by atoms with van der Waals surface area (Å²) in [5, 5.41) is 13.8. The summed E-state index contributed by atoms with van der Waals surface area (Å²) in [7, 11) is 1.90. The van der Waals surface area contributed by atoms with Crippen LogP contribution in [0.15, 0.2) is 55.1 Å². The van der Waals surface area contributed by atoms with E-state index in [9.17, 15) is 4.79 Å². The summed E-state index contributed by atoms with van der Waals surface area (Å²) in [5.41, 5.74) is 10.1. The summed E-state index contributed by atoms with van der Waals surface area (Å²) in [5.74, 6) is 0. The number of nitrogens with one attached hydrogen (secondary N) is 3. The molecule has 1 aromatic carbocycles. The number of aldehydes is 1. The molecule has 0 aliphatic heterocycles. The van der Waals surface area contributed by atoms with Gasteiger partial charge >= 0.3 is 0 Å². The summed E-state index contributed by atoms with van der Waals surface area (Å²) < 4.78 is 0. The van der Waals surface area contributed by atoms with Gasteiger partial charge < -0.3 is 26.6 Å². The van der Waals surface area contributed by atoms with Gasteiger partial charge in [0, 0.05) is 67.5 Å². The van der Waals surface area contributed by atoms with Gasteiger partial charge in [0.1, 0.15) is 6.29 Å². The molecule has 0 aliphatic carbocycles. The van der Waals surface area contributed by atoms with Crippen molar-refractivity contribution in [2.24, 2.45) is 5.73 Å². The van der Waals surface area contributed by atoms with E-state index in [0.717, 1.165) is 48.3 Å². The Morgan fingerprint density at radius 2 is 2.07 bits per heavy atom. The number of carbonyl (C=O) groups excluding carboxylic acids is 1. The van der Waals surface area contributed by atoms with Crippen LogP contribution in [-0.4, -0.2) is 49.1 Å². The van der Waals surface area contributed by atoms with Gasteiger partial charge in [-0.25, -0.2) is 0 Å². The van der Waals surface area contributed by atoms with Crippen LogP contribution in [0, 0.1) is 5.41 Å². The molecule has 7 nitrogen and oxygen atoms in total. The quantitative estimate of drug-likeness (QED) is 0.326. The van der Waals surface area contributed by atoms with Crippen molar-refractivity contribution >= 4 is 29.8 Å². The number of anilines is 1. The Morgan fingerprint density at radius 3 is 2.72 bits per heavy atom. The molecule has 5 N–H and O–H groups in total. The van der Waals surface area contributed by atoms with Gasteiger partial charge in [-0.3, -0.25) is 9.88 Å². The Labute approximate surface area is 171 Å². The molecule has 0 aliphatic rings. The minimum Gasteiger partial charge on any atom is -0.404 e. The predicted octanol–water partition coefficient (Wildman–Crippen LogP) is 2.33. The van der Waals surface area contributed by atoms with E-state index in [-0.39, 0.29) is 0 Å². The SMILES string of the molecule is CNCCN(CC=O)Cc1ccc(N/C=C/c2cnccc2/C(C=N)=C/N)cc1. The minimum atomic E-state index is 0.423. The first-order valence-corrected chi connectivity index (χ1v) is 9.41. The molecular formula is C22H28N6O. The smallest absolute Gasteiger partial charge is 0.133 e. The number of aromatic nitrogens is 1. The fourth-order valence-electron chi connectivity index (χ4n) is 2.82. The van der Waals surface area contributed by atoms with Crippen LogP contribution in [0.4, 0.5) is 5.69 Å². The molecule has 0 unspecified atom stereocenters. The van der Waals surface area contributed by atoms with Crippen LogP contribution in [0.1, 0.15) is 16.7 Å². The van der Waals surface area contributed by atoms with E-state index in [1.54, 1.807) is 12.4 Å². The normalized spacial score (nSPS) is 11.7. The van der Waals surface area contributed by atoms with Crippen LogP contribution in [0.5, 0.6) is 0 Å². The molecule has 0 amide bonds. The fraction of sp³-hybridized carbons (Fsp3) is 0.227. The van der Waals surface area contributed by atoms with Crippen molar-refractivity contribution in [1.82, 2.24) is 15.2 Å². The van der Waals surface area contributed by atoms with Crippen LogP contribution in [0.25, 0.3) is 11.6 Å². The third kappa shape index (κ3) is 6.99. The maximum absolute atomic E-state index is 10.9. The van der Waals surface area contributed by atoms with E-state index < -0.39 is 0 Å². The van der Waals surface area contributed by atoms with Crippen molar-refractivity contribution in [3.63, 3.8) is 0 Å². The number of hydrogen-bond acceptors (Lipinski definition) is 7. The molecule has 0 spiro atoms. The minimum absolute atomic E-state index is 0.423. The molecule has 1 heterocycles. The molecule has 152 valence electrons. The Balaban J connectivity index is 2.00. The van der Waals surface area contributed by atoms with Gasteiger partial charge in [-0.1, -0.05) is 12.1 Å². The predicted molar refractivity (Wildman–Crippen MR) is 120 cm³/mol. The van der Waals surface area contributed by atoms with Crippen molar-refractivity contribution in [1.29, 1.82) is 5.41 Å². The lowest BCUT2D eigenvalue weighted by atomic mass is 10.0. The van der Waals surface area contributed by atoms with Gasteiger partial charge in [-0.2, -0.15) is 0 Å². The van der Waals surface area contributed by atoms with Crippen molar-refractivity contribution < 1.29 is 4.79 Å². The van der Waals surface area contributed by atoms with E-state index in [0.29, 0.717) is 12.1 Å². The van der Waals surface area contributed by atoms with Gasteiger partial charge in [0.2, 0.25) is 0 Å². The number of nitrogens with zero attached hydrogens (tertiary/aromatic N) is 2. The zero-order valence-electron chi connectivity index (χ0n) is 16.6. The lowest BCUT2D eigenvalue weighted by molar-refractivity contribution is -0.109. The summed E-state index contributed by atoms with van der Waals surface area (Å²) in [6, 6.07) is 9.94. The Kier molecular flexibility index (Phi) is 9.28. The highest BCUT2D eigenvalue weighted by atomic mass is 16.1. The molecule has 7 heteroatoms. The molecule has 2 rings (SSSR count). The molecule has 2 aromatic rings. The van der Waals surface area contributed by atoms with Crippen LogP contribution in [0.2, 0.25) is 0 Å². The van der Waals surface area contributed by atoms with E-state index in [1.165, 1.54) is 12.4 Å². The zero-order chi connectivity index (χ0) is 20.9. The van der Waals surface area contributed by atoms with Crippen LogP contribution < -0.4 is 16.4 Å². The number of hydrogen-bond donors (Lipinski definition) is 4. The molecule has 1 aromatic heterocycles. The van der Waals surface area contributed by atoms with Crippen LogP contribution in [0.3, 0.4) is 0 Å². The van der Waals surface area contributed by atoms with Gasteiger partial charge in [0.15, 0.2) is 0 Å². The van der Waals surface area contributed by atoms with E-state index in [2.05, 4.69) is 20.5 Å². The highest BCUT2D eigenvalue weighted by Crippen LogP contribution is 2.18. The van der Waals surface area contributed by atoms with Crippen molar-refractivity contribution in [2.45, 2.75) is 6.54 Å². The second kappa shape index (κ2) is 12.2. The third-order valence-corrected chi connectivity index (χ3v) is 4.38. The first kappa shape index (κ1) is 22.0. The second-order valence-corrected chi connectivity index (χ2v) is 6.41. The number of pyridine rings is 1. The molecule has 0 atom stereocenters. The highest BCUT2D eigenvalue weighted by molar-refractivity contribution is 6.09. The van der Waals surface area contributed by atoms with Crippen LogP contribution >= 0.6 is 0 Å². The number of rotatable bonds is 12. The van der Waals surface area contributed by atoms with Crippen molar-refractivity contribution in [2.75, 3.05) is 32.0 Å². The zero-order valence-corrected chi connectivity index (χ0v) is 16.6. The molecule has 29 heavy (non-hydrogen) atoms. The summed E-state index contributed by atoms with van der Waals surface area (Å²) in [6.45, 7) is 2.81. The molecule has 0 saturated heterocycles. The fourth-order valence-corrected chi connectivity index (χ4v) is 2.82. The van der Waals surface area contributed by atoms with Crippen molar-refractivity contribution in [3.05, 3.63) is 71.8 Å². The topological polar surface area (TPSA) is 107 Å². The van der Waals surface area contributed by atoms with E-state index in [4.69, 9.17) is 11.1 Å². The average Bonchev–Trinajstić information content (AvgIpc) is 2.75. The monoisotopic (exact) mass is 392 g/mol. The van der Waals surface area contributed by atoms with Gasteiger partial charge in [0.05, 0.1) is 6.54 Å². The average molecular weight is 393 g/mol. The molecular weight excluding hydrogens is 364 g/mol. The van der Waals surface area contributed by atoms with Gasteiger partial charge in [-0.15, -0.1) is 0 Å². The third-order valence-electron chi connectivity index (χ3n) is 4.38. The number of nitrogens with two attached hydrogens (primary N) is 1. The maximum atomic E-state index is 10.9.